The third-order valence-corrected chi connectivity index (χ3v) is 5.10. The molecule has 0 bridgehead atoms. The topological polar surface area (TPSA) is 15.3 Å². The number of hydrogen-bond acceptors (Lipinski definition) is 3. The smallest absolute Gasteiger partial charge is 0.0221 e. The van der Waals surface area contributed by atoms with Gasteiger partial charge in [-0.05, 0) is 32.4 Å². The summed E-state index contributed by atoms with van der Waals surface area (Å²) in [6.07, 6.45) is 4.16. The number of nitrogens with zero attached hydrogens (tertiary/aromatic N) is 1. The SMILES string of the molecule is CCN1CCCC1CNC1CSC(C)C1. The maximum absolute atomic E-state index is 3.76. The first-order valence-electron chi connectivity index (χ1n) is 6.38. The third-order valence-electron chi connectivity index (χ3n) is 3.75. The van der Waals surface area contributed by atoms with Crippen LogP contribution < -0.4 is 5.32 Å². The lowest BCUT2D eigenvalue weighted by atomic mass is 10.1. The van der Waals surface area contributed by atoms with Crippen molar-refractivity contribution in [3.05, 3.63) is 0 Å². The monoisotopic (exact) mass is 228 g/mol. The summed E-state index contributed by atoms with van der Waals surface area (Å²) in [5.74, 6) is 1.32. The van der Waals surface area contributed by atoms with Crippen LogP contribution in [0.4, 0.5) is 0 Å². The molecule has 0 aromatic heterocycles. The second-order valence-electron chi connectivity index (χ2n) is 4.91. The van der Waals surface area contributed by atoms with Crippen LogP contribution in [0.2, 0.25) is 0 Å². The summed E-state index contributed by atoms with van der Waals surface area (Å²) >= 11 is 2.12. The normalized spacial score (nSPS) is 37.6. The van der Waals surface area contributed by atoms with Gasteiger partial charge in [-0.1, -0.05) is 13.8 Å². The quantitative estimate of drug-likeness (QED) is 0.792. The molecule has 88 valence electrons. The van der Waals surface area contributed by atoms with E-state index in [4.69, 9.17) is 0 Å². The largest absolute Gasteiger partial charge is 0.312 e. The summed E-state index contributed by atoms with van der Waals surface area (Å²) < 4.78 is 0. The molecule has 0 spiro atoms. The van der Waals surface area contributed by atoms with Gasteiger partial charge in [0.15, 0.2) is 0 Å². The average Bonchev–Trinajstić information content (AvgIpc) is 2.83. The Bertz CT molecular complexity index is 198. The molecule has 0 aromatic rings. The van der Waals surface area contributed by atoms with Gasteiger partial charge in [0.1, 0.15) is 0 Å². The van der Waals surface area contributed by atoms with E-state index in [1.54, 1.807) is 0 Å². The Hall–Kier alpha value is 0.270. The Balaban J connectivity index is 1.68. The van der Waals surface area contributed by atoms with Crippen LogP contribution in [0, 0.1) is 0 Å². The molecule has 3 heteroatoms. The fourth-order valence-electron chi connectivity index (χ4n) is 2.80. The first-order chi connectivity index (χ1) is 7.29. The Morgan fingerprint density at radius 1 is 1.47 bits per heavy atom. The van der Waals surface area contributed by atoms with Crippen LogP contribution in [0.25, 0.3) is 0 Å². The summed E-state index contributed by atoms with van der Waals surface area (Å²) in [6.45, 7) is 8.39. The van der Waals surface area contributed by atoms with E-state index in [1.807, 2.05) is 0 Å². The van der Waals surface area contributed by atoms with Crippen molar-refractivity contribution in [1.29, 1.82) is 0 Å². The van der Waals surface area contributed by atoms with Gasteiger partial charge in [0, 0.05) is 29.6 Å². The highest BCUT2D eigenvalue weighted by Crippen LogP contribution is 2.26. The Kier molecular flexibility index (Phi) is 4.35. The van der Waals surface area contributed by atoms with Crippen molar-refractivity contribution in [2.24, 2.45) is 0 Å². The summed E-state index contributed by atoms with van der Waals surface area (Å²) in [5, 5.41) is 4.62. The number of hydrogen-bond donors (Lipinski definition) is 1. The van der Waals surface area contributed by atoms with E-state index in [2.05, 4.69) is 35.8 Å². The van der Waals surface area contributed by atoms with Gasteiger partial charge >= 0.3 is 0 Å². The van der Waals surface area contributed by atoms with Crippen molar-refractivity contribution >= 4 is 11.8 Å². The molecule has 2 saturated heterocycles. The number of likely N-dealkylation sites (N-methyl/N-ethyl adjacent to an activating group) is 1. The minimum atomic E-state index is 0.782. The molecule has 3 atom stereocenters. The van der Waals surface area contributed by atoms with Crippen molar-refractivity contribution in [1.82, 2.24) is 10.2 Å². The van der Waals surface area contributed by atoms with Crippen molar-refractivity contribution in [3.63, 3.8) is 0 Å². The highest BCUT2D eigenvalue weighted by molar-refractivity contribution is 8.00. The highest BCUT2D eigenvalue weighted by atomic mass is 32.2. The van der Waals surface area contributed by atoms with Crippen LogP contribution in [0.5, 0.6) is 0 Å². The minimum Gasteiger partial charge on any atom is -0.312 e. The maximum Gasteiger partial charge on any atom is 0.0221 e. The molecule has 2 aliphatic rings. The zero-order valence-corrected chi connectivity index (χ0v) is 10.9. The van der Waals surface area contributed by atoms with Crippen LogP contribution >= 0.6 is 11.8 Å². The van der Waals surface area contributed by atoms with E-state index in [0.717, 1.165) is 17.3 Å². The Morgan fingerprint density at radius 3 is 3.00 bits per heavy atom. The Labute approximate surface area is 98.2 Å². The van der Waals surface area contributed by atoms with E-state index in [1.165, 1.54) is 44.6 Å². The molecule has 2 fully saturated rings. The zero-order valence-electron chi connectivity index (χ0n) is 10.0. The number of thioether (sulfide) groups is 1. The van der Waals surface area contributed by atoms with Crippen LogP contribution in [0.15, 0.2) is 0 Å². The van der Waals surface area contributed by atoms with E-state index in [9.17, 15) is 0 Å². The average molecular weight is 228 g/mol. The van der Waals surface area contributed by atoms with Gasteiger partial charge in [-0.3, -0.25) is 4.90 Å². The predicted octanol–water partition coefficient (Wildman–Crippen LogP) is 1.95. The number of rotatable bonds is 4. The molecule has 2 nitrogen and oxygen atoms in total. The lowest BCUT2D eigenvalue weighted by Gasteiger charge is -2.24. The van der Waals surface area contributed by atoms with Gasteiger partial charge in [-0.25, -0.2) is 0 Å². The second kappa shape index (κ2) is 5.55. The lowest BCUT2D eigenvalue weighted by molar-refractivity contribution is 0.255. The van der Waals surface area contributed by atoms with Gasteiger partial charge in [-0.2, -0.15) is 11.8 Å². The molecule has 1 N–H and O–H groups in total. The van der Waals surface area contributed by atoms with Crippen molar-refractivity contribution in [2.75, 3.05) is 25.4 Å². The van der Waals surface area contributed by atoms with Crippen LogP contribution in [-0.4, -0.2) is 47.6 Å². The van der Waals surface area contributed by atoms with E-state index in [0.29, 0.717) is 0 Å². The molecule has 15 heavy (non-hydrogen) atoms. The van der Waals surface area contributed by atoms with Crippen molar-refractivity contribution in [3.8, 4) is 0 Å². The van der Waals surface area contributed by atoms with Gasteiger partial charge in [0.2, 0.25) is 0 Å². The molecule has 0 aromatic carbocycles. The number of nitrogens with one attached hydrogen (secondary N) is 1. The minimum absolute atomic E-state index is 0.782. The van der Waals surface area contributed by atoms with Crippen molar-refractivity contribution < 1.29 is 0 Å². The maximum atomic E-state index is 3.76. The fraction of sp³-hybridized carbons (Fsp3) is 1.00. The summed E-state index contributed by atoms with van der Waals surface area (Å²) in [4.78, 5) is 2.62. The fourth-order valence-corrected chi connectivity index (χ4v) is 3.99. The molecule has 2 rings (SSSR count). The molecule has 0 radical (unpaired) electrons. The molecular weight excluding hydrogens is 204 g/mol. The summed E-state index contributed by atoms with van der Waals surface area (Å²) in [7, 11) is 0. The van der Waals surface area contributed by atoms with Gasteiger partial charge in [0.25, 0.3) is 0 Å². The molecule has 2 heterocycles. The highest BCUT2D eigenvalue weighted by Gasteiger charge is 2.26. The van der Waals surface area contributed by atoms with Gasteiger partial charge in [-0.15, -0.1) is 0 Å². The standard InChI is InChI=1S/C12H24N2S/c1-3-14-6-4-5-12(14)8-13-11-7-10(2)15-9-11/h10-13H,3-9H2,1-2H3. The van der Waals surface area contributed by atoms with Crippen LogP contribution in [0.1, 0.15) is 33.1 Å². The molecular formula is C12H24N2S. The lowest BCUT2D eigenvalue weighted by Crippen LogP contribution is -2.41. The first kappa shape index (κ1) is 11.7. The van der Waals surface area contributed by atoms with E-state index < -0.39 is 0 Å². The molecule has 0 saturated carbocycles. The first-order valence-corrected chi connectivity index (χ1v) is 7.43. The molecule has 2 aliphatic heterocycles. The summed E-state index contributed by atoms with van der Waals surface area (Å²) in [5.41, 5.74) is 0. The van der Waals surface area contributed by atoms with E-state index >= 15 is 0 Å². The van der Waals surface area contributed by atoms with Gasteiger partial charge < -0.3 is 5.32 Å². The third kappa shape index (κ3) is 3.11. The molecule has 0 amide bonds. The zero-order chi connectivity index (χ0) is 10.7. The number of likely N-dealkylation sites (tertiary alicyclic amines) is 1. The van der Waals surface area contributed by atoms with Crippen LogP contribution in [-0.2, 0) is 0 Å². The summed E-state index contributed by atoms with van der Waals surface area (Å²) in [6, 6.07) is 1.60. The van der Waals surface area contributed by atoms with E-state index in [-0.39, 0.29) is 0 Å². The van der Waals surface area contributed by atoms with Crippen molar-refractivity contribution in [2.45, 2.75) is 50.4 Å². The predicted molar refractivity (Wildman–Crippen MR) is 68.6 cm³/mol. The molecule has 3 unspecified atom stereocenters. The molecule has 0 aliphatic carbocycles. The second-order valence-corrected chi connectivity index (χ2v) is 6.38. The van der Waals surface area contributed by atoms with Gasteiger partial charge in [0.05, 0.1) is 0 Å². The van der Waals surface area contributed by atoms with Crippen LogP contribution in [0.3, 0.4) is 0 Å². The Morgan fingerprint density at radius 2 is 2.33 bits per heavy atom.